The Morgan fingerprint density at radius 1 is 1.24 bits per heavy atom. The van der Waals surface area contributed by atoms with Crippen molar-refractivity contribution >= 4 is 5.91 Å². The highest BCUT2D eigenvalue weighted by molar-refractivity contribution is 5.86. The zero-order valence-electron chi connectivity index (χ0n) is 11.0. The van der Waals surface area contributed by atoms with E-state index in [9.17, 15) is 4.79 Å². The third-order valence-electron chi connectivity index (χ3n) is 4.48. The molecule has 0 spiro atoms. The van der Waals surface area contributed by atoms with Crippen LogP contribution >= 0.6 is 0 Å². The number of amides is 1. The number of carbonyl (C=O) groups excluding carboxylic acids is 1. The number of hydrogen-bond donors (Lipinski definition) is 2. The lowest BCUT2D eigenvalue weighted by Crippen LogP contribution is -2.53. The summed E-state index contributed by atoms with van der Waals surface area (Å²) in [4.78, 5) is 12.0. The second kappa shape index (κ2) is 5.38. The van der Waals surface area contributed by atoms with Crippen LogP contribution in [-0.4, -0.2) is 18.0 Å². The molecule has 3 nitrogen and oxygen atoms in total. The van der Waals surface area contributed by atoms with Crippen molar-refractivity contribution in [1.82, 2.24) is 5.32 Å². The van der Waals surface area contributed by atoms with E-state index in [2.05, 4.69) is 5.32 Å². The highest BCUT2D eigenvalue weighted by Gasteiger charge is 2.43. The van der Waals surface area contributed by atoms with Gasteiger partial charge in [-0.1, -0.05) is 32.1 Å². The number of rotatable bonds is 5. The van der Waals surface area contributed by atoms with Crippen molar-refractivity contribution < 1.29 is 4.79 Å². The summed E-state index contributed by atoms with van der Waals surface area (Å²) in [6, 6.07) is 0. The molecule has 2 rings (SSSR count). The highest BCUT2D eigenvalue weighted by Crippen LogP contribution is 2.38. The van der Waals surface area contributed by atoms with Gasteiger partial charge in [0.1, 0.15) is 0 Å². The lowest BCUT2D eigenvalue weighted by molar-refractivity contribution is -0.126. The summed E-state index contributed by atoms with van der Waals surface area (Å²) in [7, 11) is 0. The predicted molar refractivity (Wildman–Crippen MR) is 69.5 cm³/mol. The number of nitrogens with two attached hydrogens (primary N) is 1. The fourth-order valence-electron chi connectivity index (χ4n) is 2.92. The minimum absolute atomic E-state index is 0.0517. The second-order valence-corrected chi connectivity index (χ2v) is 6.11. The molecule has 0 aromatic carbocycles. The van der Waals surface area contributed by atoms with Gasteiger partial charge < -0.3 is 11.1 Å². The largest absolute Gasteiger partial charge is 0.354 e. The SMILES string of the molecule is CC(N)(C(=O)NCCC1CCCCC1)C1CC1. The molecule has 2 saturated carbocycles. The Morgan fingerprint density at radius 3 is 2.47 bits per heavy atom. The van der Waals surface area contributed by atoms with E-state index in [1.165, 1.54) is 32.1 Å². The molecule has 0 aromatic heterocycles. The van der Waals surface area contributed by atoms with Crippen molar-refractivity contribution in [3.8, 4) is 0 Å². The maximum atomic E-state index is 12.0. The van der Waals surface area contributed by atoms with Crippen LogP contribution < -0.4 is 11.1 Å². The first-order chi connectivity index (χ1) is 8.10. The molecule has 3 heteroatoms. The summed E-state index contributed by atoms with van der Waals surface area (Å²) in [5.41, 5.74) is 5.44. The van der Waals surface area contributed by atoms with Gasteiger partial charge in [-0.15, -0.1) is 0 Å². The number of carbonyl (C=O) groups is 1. The van der Waals surface area contributed by atoms with Crippen molar-refractivity contribution in [2.24, 2.45) is 17.6 Å². The normalized spacial score (nSPS) is 25.3. The van der Waals surface area contributed by atoms with Gasteiger partial charge in [-0.05, 0) is 38.0 Å². The summed E-state index contributed by atoms with van der Waals surface area (Å²) < 4.78 is 0. The summed E-state index contributed by atoms with van der Waals surface area (Å²) in [5, 5.41) is 3.03. The van der Waals surface area contributed by atoms with Crippen molar-refractivity contribution in [3.63, 3.8) is 0 Å². The average molecular weight is 238 g/mol. The van der Waals surface area contributed by atoms with E-state index in [-0.39, 0.29) is 5.91 Å². The molecule has 2 aliphatic carbocycles. The molecule has 0 radical (unpaired) electrons. The summed E-state index contributed by atoms with van der Waals surface area (Å²) >= 11 is 0. The lowest BCUT2D eigenvalue weighted by Gasteiger charge is -2.25. The first kappa shape index (κ1) is 12.9. The molecule has 1 atom stereocenters. The monoisotopic (exact) mass is 238 g/mol. The first-order valence-corrected chi connectivity index (χ1v) is 7.18. The van der Waals surface area contributed by atoms with Crippen LogP contribution in [0.25, 0.3) is 0 Å². The summed E-state index contributed by atoms with van der Waals surface area (Å²) in [6.45, 7) is 2.68. The standard InChI is InChI=1S/C14H26N2O/c1-14(15,12-7-8-12)13(17)16-10-9-11-5-3-2-4-6-11/h11-12H,2-10,15H2,1H3,(H,16,17). The highest BCUT2D eigenvalue weighted by atomic mass is 16.2. The molecular weight excluding hydrogens is 212 g/mol. The number of nitrogens with one attached hydrogen (secondary N) is 1. The summed E-state index contributed by atoms with van der Waals surface area (Å²) in [6.07, 6.45) is 10.2. The van der Waals surface area contributed by atoms with Gasteiger partial charge in [0, 0.05) is 6.54 Å². The zero-order valence-corrected chi connectivity index (χ0v) is 11.0. The van der Waals surface area contributed by atoms with Crippen LogP contribution in [0, 0.1) is 11.8 Å². The Bertz CT molecular complexity index is 265. The Balaban J connectivity index is 1.65. The van der Waals surface area contributed by atoms with Crippen LogP contribution in [0.3, 0.4) is 0 Å². The maximum absolute atomic E-state index is 12.0. The fourth-order valence-corrected chi connectivity index (χ4v) is 2.92. The van der Waals surface area contributed by atoms with Crippen molar-refractivity contribution in [2.45, 2.75) is 63.8 Å². The smallest absolute Gasteiger partial charge is 0.240 e. The average Bonchev–Trinajstić information content (AvgIpc) is 3.14. The molecular formula is C14H26N2O. The molecule has 3 N–H and O–H groups in total. The zero-order chi connectivity index (χ0) is 12.3. The van der Waals surface area contributed by atoms with Gasteiger partial charge in [-0.25, -0.2) is 0 Å². The van der Waals surface area contributed by atoms with Gasteiger partial charge in [0.2, 0.25) is 5.91 Å². The topological polar surface area (TPSA) is 55.1 Å². The molecule has 0 aromatic rings. The van der Waals surface area contributed by atoms with E-state index >= 15 is 0 Å². The van der Waals surface area contributed by atoms with Crippen LogP contribution in [0.4, 0.5) is 0 Å². The van der Waals surface area contributed by atoms with Crippen molar-refractivity contribution in [1.29, 1.82) is 0 Å². The molecule has 1 unspecified atom stereocenters. The fraction of sp³-hybridized carbons (Fsp3) is 0.929. The predicted octanol–water partition coefficient (Wildman–Crippen LogP) is 2.20. The van der Waals surface area contributed by atoms with Gasteiger partial charge in [0.05, 0.1) is 5.54 Å². The quantitative estimate of drug-likeness (QED) is 0.771. The van der Waals surface area contributed by atoms with Crippen molar-refractivity contribution in [3.05, 3.63) is 0 Å². The molecule has 0 aliphatic heterocycles. The Morgan fingerprint density at radius 2 is 1.88 bits per heavy atom. The van der Waals surface area contributed by atoms with E-state index in [0.29, 0.717) is 5.92 Å². The summed E-state index contributed by atoms with van der Waals surface area (Å²) in [5.74, 6) is 1.29. The lowest BCUT2D eigenvalue weighted by atomic mass is 9.87. The maximum Gasteiger partial charge on any atom is 0.240 e. The van der Waals surface area contributed by atoms with Crippen LogP contribution in [0.5, 0.6) is 0 Å². The van der Waals surface area contributed by atoms with Gasteiger partial charge in [-0.3, -0.25) is 4.79 Å². The van der Waals surface area contributed by atoms with Crippen LogP contribution in [-0.2, 0) is 4.79 Å². The Hall–Kier alpha value is -0.570. The van der Waals surface area contributed by atoms with Gasteiger partial charge in [-0.2, -0.15) is 0 Å². The van der Waals surface area contributed by atoms with Crippen LogP contribution in [0.15, 0.2) is 0 Å². The molecule has 2 fully saturated rings. The van der Waals surface area contributed by atoms with E-state index in [0.717, 1.165) is 31.7 Å². The van der Waals surface area contributed by atoms with Crippen LogP contribution in [0.1, 0.15) is 58.3 Å². The second-order valence-electron chi connectivity index (χ2n) is 6.11. The third-order valence-corrected chi connectivity index (χ3v) is 4.48. The molecule has 0 bridgehead atoms. The molecule has 0 saturated heterocycles. The van der Waals surface area contributed by atoms with E-state index in [1.54, 1.807) is 0 Å². The first-order valence-electron chi connectivity index (χ1n) is 7.18. The number of hydrogen-bond acceptors (Lipinski definition) is 2. The van der Waals surface area contributed by atoms with Crippen molar-refractivity contribution in [2.75, 3.05) is 6.54 Å². The van der Waals surface area contributed by atoms with E-state index in [4.69, 9.17) is 5.73 Å². The Kier molecular flexibility index (Phi) is 4.08. The third kappa shape index (κ3) is 3.44. The molecule has 0 heterocycles. The molecule has 17 heavy (non-hydrogen) atoms. The van der Waals surface area contributed by atoms with E-state index < -0.39 is 5.54 Å². The molecule has 1 amide bonds. The minimum Gasteiger partial charge on any atom is -0.354 e. The molecule has 2 aliphatic rings. The van der Waals surface area contributed by atoms with E-state index in [1.807, 2.05) is 6.92 Å². The minimum atomic E-state index is -0.632. The molecule has 98 valence electrons. The van der Waals surface area contributed by atoms with Gasteiger partial charge in [0.15, 0.2) is 0 Å². The Labute approximate surface area is 105 Å². The van der Waals surface area contributed by atoms with Crippen LogP contribution in [0.2, 0.25) is 0 Å². The van der Waals surface area contributed by atoms with Gasteiger partial charge in [0.25, 0.3) is 0 Å². The van der Waals surface area contributed by atoms with Gasteiger partial charge >= 0.3 is 0 Å².